The van der Waals surface area contributed by atoms with Crippen LogP contribution >= 0.6 is 0 Å². The molecule has 1 heterocycles. The van der Waals surface area contributed by atoms with E-state index in [-0.39, 0.29) is 19.1 Å². The van der Waals surface area contributed by atoms with Crippen LogP contribution in [0.25, 0.3) is 11.5 Å². The van der Waals surface area contributed by atoms with Crippen LogP contribution in [0.15, 0.2) is 46.9 Å². The monoisotopic (exact) mass is 524 g/mol. The topological polar surface area (TPSA) is 120 Å². The molecule has 0 aliphatic heterocycles. The van der Waals surface area contributed by atoms with Gasteiger partial charge in [-0.1, -0.05) is 19.1 Å². The number of hydrogen-bond acceptors (Lipinski definition) is 7. The Kier molecular flexibility index (Phi) is 10.6. The van der Waals surface area contributed by atoms with Crippen molar-refractivity contribution in [3.63, 3.8) is 0 Å². The fourth-order valence-corrected chi connectivity index (χ4v) is 3.75. The highest BCUT2D eigenvalue weighted by Gasteiger charge is 2.14. The Labute approximate surface area is 223 Å². The van der Waals surface area contributed by atoms with Crippen LogP contribution in [0.4, 0.5) is 4.79 Å². The van der Waals surface area contributed by atoms with E-state index >= 15 is 0 Å². The first-order valence-electron chi connectivity index (χ1n) is 12.9. The SMILES string of the molecule is CCCOc1cccc(-c2nc(CCOc3ccc(CCC(=O)O)c(CNC(=O)OC(C)C)c3)c(C)o2)c1. The van der Waals surface area contributed by atoms with E-state index < -0.39 is 12.1 Å². The van der Waals surface area contributed by atoms with Crippen LogP contribution in [-0.2, 0) is 28.9 Å². The number of ether oxygens (including phenoxy) is 3. The summed E-state index contributed by atoms with van der Waals surface area (Å²) in [5.74, 6) is 1.76. The molecule has 0 radical (unpaired) electrons. The number of benzene rings is 2. The molecule has 0 fully saturated rings. The second-order valence-corrected chi connectivity index (χ2v) is 9.13. The smallest absolute Gasteiger partial charge is 0.407 e. The van der Waals surface area contributed by atoms with Crippen molar-refractivity contribution in [3.8, 4) is 23.0 Å². The summed E-state index contributed by atoms with van der Waals surface area (Å²) in [5, 5.41) is 11.8. The van der Waals surface area contributed by atoms with Gasteiger partial charge < -0.3 is 29.1 Å². The van der Waals surface area contributed by atoms with Crippen LogP contribution < -0.4 is 14.8 Å². The van der Waals surface area contributed by atoms with Gasteiger partial charge in [-0.05, 0) is 75.1 Å². The van der Waals surface area contributed by atoms with Gasteiger partial charge >= 0.3 is 12.1 Å². The maximum absolute atomic E-state index is 11.9. The number of carboxylic acid groups (broad SMARTS) is 1. The fraction of sp³-hybridized carbons (Fsp3) is 0.414. The van der Waals surface area contributed by atoms with E-state index in [1.165, 1.54) is 0 Å². The molecule has 9 heteroatoms. The van der Waals surface area contributed by atoms with Crippen LogP contribution in [-0.4, -0.2) is 41.5 Å². The molecule has 3 rings (SSSR count). The molecule has 3 aromatic rings. The van der Waals surface area contributed by atoms with Crippen molar-refractivity contribution in [3.05, 3.63) is 65.0 Å². The number of carbonyl (C=O) groups excluding carboxylic acids is 1. The van der Waals surface area contributed by atoms with Gasteiger partial charge in [-0.3, -0.25) is 4.79 Å². The Balaban J connectivity index is 1.64. The van der Waals surface area contributed by atoms with Crippen LogP contribution in [0.1, 0.15) is 56.2 Å². The van der Waals surface area contributed by atoms with Crippen molar-refractivity contribution in [2.45, 2.75) is 66.0 Å². The van der Waals surface area contributed by atoms with Crippen molar-refractivity contribution in [2.75, 3.05) is 13.2 Å². The summed E-state index contributed by atoms with van der Waals surface area (Å²) >= 11 is 0. The summed E-state index contributed by atoms with van der Waals surface area (Å²) in [6, 6.07) is 13.1. The van der Waals surface area contributed by atoms with E-state index in [0.29, 0.717) is 37.7 Å². The standard InChI is InChI=1S/C29H36N2O7/c1-5-14-35-24-8-6-7-22(16-24)28-31-26(20(4)38-28)13-15-36-25-11-9-21(10-12-27(32)33)23(17-25)18-30-29(34)37-19(2)3/h6-9,11,16-17,19H,5,10,12-15,18H2,1-4H3,(H,30,34)(H,32,33). The molecule has 1 amide bonds. The van der Waals surface area contributed by atoms with Crippen molar-refractivity contribution >= 4 is 12.1 Å². The minimum Gasteiger partial charge on any atom is -0.494 e. The van der Waals surface area contributed by atoms with Gasteiger partial charge in [0.2, 0.25) is 5.89 Å². The lowest BCUT2D eigenvalue weighted by molar-refractivity contribution is -0.136. The molecule has 2 N–H and O–H groups in total. The van der Waals surface area contributed by atoms with Gasteiger partial charge in [0.1, 0.15) is 17.3 Å². The first kappa shape index (κ1) is 28.6. The zero-order chi connectivity index (χ0) is 27.5. The molecule has 0 bridgehead atoms. The molecule has 0 saturated carbocycles. The second-order valence-electron chi connectivity index (χ2n) is 9.13. The molecule has 0 saturated heterocycles. The Morgan fingerprint density at radius 3 is 2.53 bits per heavy atom. The molecule has 0 unspecified atom stereocenters. The molecule has 0 atom stereocenters. The quantitative estimate of drug-likeness (QED) is 0.275. The third-order valence-corrected chi connectivity index (χ3v) is 5.61. The number of nitrogens with one attached hydrogen (secondary N) is 1. The molecule has 2 aromatic carbocycles. The van der Waals surface area contributed by atoms with Crippen LogP contribution in [0, 0.1) is 6.92 Å². The van der Waals surface area contributed by atoms with Crippen molar-refractivity contribution in [1.82, 2.24) is 10.3 Å². The number of alkyl carbamates (subject to hydrolysis) is 1. The number of oxazole rings is 1. The summed E-state index contributed by atoms with van der Waals surface area (Å²) < 4.78 is 22.7. The van der Waals surface area contributed by atoms with Crippen LogP contribution in [0.5, 0.6) is 11.5 Å². The average Bonchev–Trinajstić information content (AvgIpc) is 3.25. The minimum absolute atomic E-state index is 0.00888. The summed E-state index contributed by atoms with van der Waals surface area (Å²) in [5.41, 5.74) is 3.25. The number of aromatic nitrogens is 1. The summed E-state index contributed by atoms with van der Waals surface area (Å²) in [6.45, 7) is 8.69. The van der Waals surface area contributed by atoms with E-state index in [1.807, 2.05) is 43.3 Å². The maximum Gasteiger partial charge on any atom is 0.407 e. The van der Waals surface area contributed by atoms with Crippen molar-refractivity contribution in [2.24, 2.45) is 0 Å². The van der Waals surface area contributed by atoms with Gasteiger partial charge in [0.05, 0.1) is 25.0 Å². The number of hydrogen-bond donors (Lipinski definition) is 2. The highest BCUT2D eigenvalue weighted by molar-refractivity contribution is 5.68. The Morgan fingerprint density at radius 1 is 1.03 bits per heavy atom. The van der Waals surface area contributed by atoms with Crippen molar-refractivity contribution < 1.29 is 33.3 Å². The number of carbonyl (C=O) groups is 2. The molecule has 204 valence electrons. The van der Waals surface area contributed by atoms with E-state index in [1.54, 1.807) is 19.9 Å². The van der Waals surface area contributed by atoms with Crippen LogP contribution in [0.2, 0.25) is 0 Å². The second kappa shape index (κ2) is 14.1. The zero-order valence-corrected chi connectivity index (χ0v) is 22.4. The Hall–Kier alpha value is -4.01. The average molecular weight is 525 g/mol. The first-order valence-corrected chi connectivity index (χ1v) is 12.9. The lowest BCUT2D eigenvalue weighted by Gasteiger charge is -2.14. The number of aryl methyl sites for hydroxylation is 2. The molecule has 0 aliphatic rings. The largest absolute Gasteiger partial charge is 0.494 e. The number of amides is 1. The normalized spacial score (nSPS) is 10.9. The third-order valence-electron chi connectivity index (χ3n) is 5.61. The van der Waals surface area contributed by atoms with Gasteiger partial charge in [0.15, 0.2) is 0 Å². The van der Waals surface area contributed by atoms with Crippen molar-refractivity contribution in [1.29, 1.82) is 0 Å². The maximum atomic E-state index is 11.9. The Morgan fingerprint density at radius 2 is 1.79 bits per heavy atom. The molecule has 38 heavy (non-hydrogen) atoms. The Bertz CT molecular complexity index is 1220. The van der Waals surface area contributed by atoms with E-state index in [4.69, 9.17) is 23.7 Å². The predicted octanol–water partition coefficient (Wildman–Crippen LogP) is 5.71. The first-order chi connectivity index (χ1) is 18.2. The number of carboxylic acids is 1. The fourth-order valence-electron chi connectivity index (χ4n) is 3.75. The minimum atomic E-state index is -0.883. The van der Waals surface area contributed by atoms with E-state index in [0.717, 1.165) is 40.3 Å². The summed E-state index contributed by atoms with van der Waals surface area (Å²) in [7, 11) is 0. The van der Waals surface area contributed by atoms with Gasteiger partial charge in [-0.25, -0.2) is 9.78 Å². The molecular formula is C29H36N2O7. The molecule has 0 spiro atoms. The predicted molar refractivity (Wildman–Crippen MR) is 143 cm³/mol. The molecular weight excluding hydrogens is 488 g/mol. The number of rotatable bonds is 14. The molecule has 1 aromatic heterocycles. The van der Waals surface area contributed by atoms with Gasteiger partial charge in [-0.2, -0.15) is 0 Å². The number of aliphatic carboxylic acids is 1. The van der Waals surface area contributed by atoms with Gasteiger partial charge in [0, 0.05) is 24.9 Å². The number of nitrogens with zero attached hydrogens (tertiary/aromatic N) is 1. The molecule has 0 aliphatic carbocycles. The van der Waals surface area contributed by atoms with Gasteiger partial charge in [-0.15, -0.1) is 0 Å². The highest BCUT2D eigenvalue weighted by atomic mass is 16.6. The zero-order valence-electron chi connectivity index (χ0n) is 22.4. The van der Waals surface area contributed by atoms with E-state index in [2.05, 4.69) is 17.2 Å². The van der Waals surface area contributed by atoms with Gasteiger partial charge in [0.25, 0.3) is 0 Å². The van der Waals surface area contributed by atoms with Crippen LogP contribution in [0.3, 0.4) is 0 Å². The lowest BCUT2D eigenvalue weighted by Crippen LogP contribution is -2.26. The summed E-state index contributed by atoms with van der Waals surface area (Å²) in [4.78, 5) is 27.7. The summed E-state index contributed by atoms with van der Waals surface area (Å²) in [6.07, 6.45) is 1.03. The molecule has 9 nitrogen and oxygen atoms in total. The highest BCUT2D eigenvalue weighted by Crippen LogP contribution is 2.26. The third kappa shape index (κ3) is 8.83. The van der Waals surface area contributed by atoms with E-state index in [9.17, 15) is 9.59 Å². The lowest BCUT2D eigenvalue weighted by atomic mass is 10.0.